The Balaban J connectivity index is 2.46. The van der Waals surface area contributed by atoms with E-state index in [1.54, 1.807) is 0 Å². The van der Waals surface area contributed by atoms with Gasteiger partial charge in [-0.15, -0.1) is 5.01 Å². The molecule has 2 amide bonds. The van der Waals surface area contributed by atoms with Crippen LogP contribution in [-0.2, 0) is 0 Å². The molecular weight excluding hydrogens is 371 g/mol. The van der Waals surface area contributed by atoms with Gasteiger partial charge in [-0.1, -0.05) is 68.3 Å². The van der Waals surface area contributed by atoms with Gasteiger partial charge in [0.2, 0.25) is 0 Å². The second-order valence-electron chi connectivity index (χ2n) is 3.72. The van der Waals surface area contributed by atoms with Crippen LogP contribution in [0.15, 0.2) is 18.2 Å². The molecule has 0 bridgehead atoms. The van der Waals surface area contributed by atoms with E-state index in [0.717, 1.165) is 15.3 Å². The number of alkyl halides is 2. The molecule has 1 aliphatic heterocycles. The molecule has 1 aromatic rings. The molecule has 1 aromatic carbocycles. The van der Waals surface area contributed by atoms with Crippen LogP contribution in [0.25, 0.3) is 0 Å². The molecule has 1 unspecified atom stereocenters. The van der Waals surface area contributed by atoms with E-state index in [-0.39, 0.29) is 10.3 Å². The Morgan fingerprint density at radius 2 is 1.95 bits per heavy atom. The summed E-state index contributed by atoms with van der Waals surface area (Å²) in [6, 6.07) is 3.42. The number of nitrogens with zero attached hydrogens (tertiary/aromatic N) is 3. The molecule has 1 fully saturated rings. The predicted octanol–water partition coefficient (Wildman–Crippen LogP) is 4.42. The molecule has 1 heterocycles. The number of benzene rings is 1. The van der Waals surface area contributed by atoms with Gasteiger partial charge in [-0.2, -0.15) is 0 Å². The molecule has 0 radical (unpaired) electrons. The van der Waals surface area contributed by atoms with Crippen molar-refractivity contribution in [1.29, 1.82) is 0 Å². The van der Waals surface area contributed by atoms with E-state index in [0.29, 0.717) is 10.7 Å². The monoisotopic (exact) mass is 375 g/mol. The maximum absolute atomic E-state index is 13.9. The second kappa shape index (κ2) is 6.17. The normalized spacial score (nSPS) is 20.1. The average molecular weight is 377 g/mol. The van der Waals surface area contributed by atoms with Gasteiger partial charge >= 0.3 is 6.03 Å². The highest BCUT2D eigenvalue weighted by molar-refractivity contribution is 7.79. The summed E-state index contributed by atoms with van der Waals surface area (Å²) in [4.78, 5) is 11.7. The first-order chi connectivity index (χ1) is 9.38. The van der Waals surface area contributed by atoms with Gasteiger partial charge in [0.15, 0.2) is 4.96 Å². The van der Waals surface area contributed by atoms with Gasteiger partial charge in [0.1, 0.15) is 6.17 Å². The standard InChI is InChI=1S/C10H6Cl4FN3OS/c11-6-2-1-5(3-7(6)12)16-8(4-20)17(9(13)14)18(15)10(16)19/h1-4,8-9H. The van der Waals surface area contributed by atoms with Gasteiger partial charge in [0, 0.05) is 11.1 Å². The summed E-state index contributed by atoms with van der Waals surface area (Å²) in [5.74, 6) is 0. The van der Waals surface area contributed by atoms with Crippen LogP contribution in [0, 0.1) is 0 Å². The molecule has 20 heavy (non-hydrogen) atoms. The number of hydrogen-bond acceptors (Lipinski definition) is 3. The third kappa shape index (κ3) is 2.68. The highest BCUT2D eigenvalue weighted by atomic mass is 35.5. The summed E-state index contributed by atoms with van der Waals surface area (Å²) in [5.41, 5.74) is 0.314. The number of urea groups is 1. The number of carbonyl (C=O) groups excluding carboxylic acids is 1. The first-order valence-corrected chi connectivity index (χ1v) is 7.24. The molecule has 0 aromatic heterocycles. The van der Waals surface area contributed by atoms with Gasteiger partial charge in [-0.05, 0) is 18.2 Å². The Labute approximate surface area is 139 Å². The number of amides is 2. The Bertz CT molecular complexity index is 561. The third-order valence-electron chi connectivity index (χ3n) is 2.61. The molecule has 10 heteroatoms. The number of carbonyl (C=O) groups is 1. The zero-order valence-electron chi connectivity index (χ0n) is 9.51. The van der Waals surface area contributed by atoms with Crippen molar-refractivity contribution < 1.29 is 9.28 Å². The van der Waals surface area contributed by atoms with E-state index < -0.39 is 17.2 Å². The van der Waals surface area contributed by atoms with E-state index >= 15 is 0 Å². The van der Waals surface area contributed by atoms with Gasteiger partial charge < -0.3 is 0 Å². The lowest BCUT2D eigenvalue weighted by Gasteiger charge is -2.25. The molecule has 4 nitrogen and oxygen atoms in total. The first kappa shape index (κ1) is 16.0. The molecular formula is C10H6Cl4FN3OS. The van der Waals surface area contributed by atoms with Crippen molar-refractivity contribution in [3.8, 4) is 0 Å². The fourth-order valence-electron chi connectivity index (χ4n) is 1.74. The smallest absolute Gasteiger partial charge is 0.269 e. The van der Waals surface area contributed by atoms with Crippen molar-refractivity contribution in [3.63, 3.8) is 0 Å². The molecule has 1 saturated heterocycles. The van der Waals surface area contributed by atoms with Crippen molar-refractivity contribution >= 4 is 75.7 Å². The first-order valence-electron chi connectivity index (χ1n) is 5.14. The lowest BCUT2D eigenvalue weighted by molar-refractivity contribution is -0.0993. The van der Waals surface area contributed by atoms with Crippen LogP contribution in [-0.4, -0.2) is 32.8 Å². The largest absolute Gasteiger partial charge is 0.370 e. The molecule has 0 aliphatic carbocycles. The minimum absolute atomic E-state index is 0.194. The van der Waals surface area contributed by atoms with Gasteiger partial charge in [-0.3, -0.25) is 4.90 Å². The number of hydrogen-bond donors (Lipinski definition) is 0. The van der Waals surface area contributed by atoms with Crippen LogP contribution in [0.1, 0.15) is 0 Å². The summed E-state index contributed by atoms with van der Waals surface area (Å²) in [5, 5.41) is 2.28. The minimum Gasteiger partial charge on any atom is -0.269 e. The van der Waals surface area contributed by atoms with Crippen LogP contribution < -0.4 is 4.90 Å². The van der Waals surface area contributed by atoms with Crippen molar-refractivity contribution in [3.05, 3.63) is 28.2 Å². The van der Waals surface area contributed by atoms with Crippen LogP contribution >= 0.6 is 58.6 Å². The Kier molecular flexibility index (Phi) is 4.94. The molecule has 2 rings (SSSR count). The van der Waals surface area contributed by atoms with Crippen molar-refractivity contribution in [1.82, 2.24) is 10.2 Å². The van der Waals surface area contributed by atoms with Crippen LogP contribution in [0.4, 0.5) is 15.0 Å². The molecule has 0 saturated carbocycles. The van der Waals surface area contributed by atoms with Crippen LogP contribution in [0.5, 0.6) is 0 Å². The fraction of sp³-hybridized carbons (Fsp3) is 0.200. The van der Waals surface area contributed by atoms with Crippen LogP contribution in [0.2, 0.25) is 10.0 Å². The van der Waals surface area contributed by atoms with Crippen molar-refractivity contribution in [2.45, 2.75) is 11.1 Å². The maximum Gasteiger partial charge on any atom is 0.370 e. The SMILES string of the molecule is O=C1N(c2ccc(Cl)c(Cl)c2)C(C=S)N(C(Cl)Cl)N1F. The summed E-state index contributed by atoms with van der Waals surface area (Å²) >= 11 is 27.8. The van der Waals surface area contributed by atoms with Crippen molar-refractivity contribution in [2.24, 2.45) is 0 Å². The summed E-state index contributed by atoms with van der Waals surface area (Å²) in [7, 11) is 0. The van der Waals surface area contributed by atoms with Gasteiger partial charge in [-0.25, -0.2) is 4.79 Å². The number of hydrazine groups is 1. The van der Waals surface area contributed by atoms with Crippen LogP contribution in [0.3, 0.4) is 0 Å². The zero-order valence-corrected chi connectivity index (χ0v) is 13.4. The summed E-state index contributed by atoms with van der Waals surface area (Å²) < 4.78 is 13.9. The fourth-order valence-corrected chi connectivity index (χ4v) is 2.66. The van der Waals surface area contributed by atoms with E-state index in [1.807, 2.05) is 0 Å². The minimum atomic E-state index is -1.29. The highest BCUT2D eigenvalue weighted by Gasteiger charge is 2.47. The Hall–Kier alpha value is -0.370. The second-order valence-corrected chi connectivity index (χ2v) is 5.86. The number of rotatable bonds is 3. The zero-order chi connectivity index (χ0) is 15.0. The quantitative estimate of drug-likeness (QED) is 0.338. The number of anilines is 1. The van der Waals surface area contributed by atoms with E-state index in [1.165, 1.54) is 18.2 Å². The average Bonchev–Trinajstić information content (AvgIpc) is 2.65. The number of halogens is 5. The molecule has 108 valence electrons. The van der Waals surface area contributed by atoms with Gasteiger partial charge in [0.05, 0.1) is 10.0 Å². The molecule has 1 atom stereocenters. The van der Waals surface area contributed by atoms with Crippen molar-refractivity contribution in [2.75, 3.05) is 4.90 Å². The molecule has 1 aliphatic rings. The third-order valence-corrected chi connectivity index (χ3v) is 3.99. The van der Waals surface area contributed by atoms with Gasteiger partial charge in [0.25, 0.3) is 0 Å². The molecule has 0 spiro atoms. The maximum atomic E-state index is 13.9. The molecule has 0 N–H and O–H groups in total. The highest BCUT2D eigenvalue weighted by Crippen LogP contribution is 2.34. The van der Waals surface area contributed by atoms with E-state index in [4.69, 9.17) is 58.6 Å². The van der Waals surface area contributed by atoms with E-state index in [9.17, 15) is 9.28 Å². The Morgan fingerprint density at radius 3 is 2.45 bits per heavy atom. The summed E-state index contributed by atoms with van der Waals surface area (Å²) in [6.07, 6.45) is -0.959. The summed E-state index contributed by atoms with van der Waals surface area (Å²) in [6.45, 7) is 0. The lowest BCUT2D eigenvalue weighted by atomic mass is 10.3. The lowest BCUT2D eigenvalue weighted by Crippen LogP contribution is -2.43. The topological polar surface area (TPSA) is 26.8 Å². The predicted molar refractivity (Wildman–Crippen MR) is 82.1 cm³/mol. The number of thiocarbonyl (C=S) groups is 1. The van der Waals surface area contributed by atoms with E-state index in [2.05, 4.69) is 0 Å². The Morgan fingerprint density at radius 1 is 1.30 bits per heavy atom.